The number of halogens is 1. The Balaban J connectivity index is 3.02. The molecule has 0 bridgehead atoms. The molecule has 0 aliphatic heterocycles. The summed E-state index contributed by atoms with van der Waals surface area (Å²) < 4.78 is 1.06. The molecule has 0 aliphatic rings. The minimum atomic E-state index is 1.06. The second-order valence-electron chi connectivity index (χ2n) is 1.09. The van der Waals surface area contributed by atoms with Crippen molar-refractivity contribution in [2.75, 3.05) is 0 Å². The Kier molecular flexibility index (Phi) is 1.62. The van der Waals surface area contributed by atoms with Gasteiger partial charge < -0.3 is 0 Å². The van der Waals surface area contributed by atoms with Crippen LogP contribution in [-0.2, 0) is 0 Å². The maximum Gasteiger partial charge on any atom is 0.0407 e. The topological polar surface area (TPSA) is 12.9 Å². The molecule has 0 atom stereocenters. The minimum Gasteiger partial charge on any atom is -0.264 e. The molecule has 1 radical (unpaired) electrons. The van der Waals surface area contributed by atoms with Gasteiger partial charge in [0.2, 0.25) is 0 Å². The molecule has 0 N–H and O–H groups in total. The molecule has 1 aromatic rings. The van der Waals surface area contributed by atoms with Crippen molar-refractivity contribution >= 4 is 22.6 Å². The van der Waals surface area contributed by atoms with Gasteiger partial charge in [0.15, 0.2) is 0 Å². The number of rotatable bonds is 0. The van der Waals surface area contributed by atoms with Crippen LogP contribution in [0.4, 0.5) is 0 Å². The largest absolute Gasteiger partial charge is 0.264 e. The van der Waals surface area contributed by atoms with Crippen molar-refractivity contribution in [3.63, 3.8) is 0 Å². The first-order chi connectivity index (χ1) is 3.39. The van der Waals surface area contributed by atoms with E-state index < -0.39 is 0 Å². The number of hydrogen-bond donors (Lipinski definition) is 0. The lowest BCUT2D eigenvalue weighted by atomic mass is 10.5. The van der Waals surface area contributed by atoms with E-state index in [4.69, 9.17) is 0 Å². The highest BCUT2D eigenvalue weighted by Crippen LogP contribution is 1.96. The summed E-state index contributed by atoms with van der Waals surface area (Å²) in [6, 6.07) is 4.75. The molecular formula is C5H3IN. The average Bonchev–Trinajstić information content (AvgIpc) is 1.69. The van der Waals surface area contributed by atoms with Gasteiger partial charge in [-0.1, -0.05) is 0 Å². The van der Waals surface area contributed by atoms with E-state index in [1.165, 1.54) is 0 Å². The Hall–Kier alpha value is -0.120. The van der Waals surface area contributed by atoms with E-state index in [1.807, 2.05) is 0 Å². The number of hydrogen-bond acceptors (Lipinski definition) is 1. The van der Waals surface area contributed by atoms with E-state index >= 15 is 0 Å². The second kappa shape index (κ2) is 2.26. The quantitative estimate of drug-likeness (QED) is 0.583. The maximum absolute atomic E-state index is 3.85. The van der Waals surface area contributed by atoms with Crippen LogP contribution in [0.2, 0.25) is 0 Å². The molecule has 35 valence electrons. The van der Waals surface area contributed by atoms with Crippen LogP contribution in [0.1, 0.15) is 0 Å². The van der Waals surface area contributed by atoms with Gasteiger partial charge in [0.25, 0.3) is 0 Å². The van der Waals surface area contributed by atoms with Crippen molar-refractivity contribution in [2.24, 2.45) is 0 Å². The van der Waals surface area contributed by atoms with E-state index in [0.29, 0.717) is 0 Å². The third-order valence-electron chi connectivity index (χ3n) is 0.570. The fourth-order valence-corrected chi connectivity index (χ4v) is 0.646. The first kappa shape index (κ1) is 5.03. The molecule has 0 saturated heterocycles. The van der Waals surface area contributed by atoms with Gasteiger partial charge in [-0.2, -0.15) is 0 Å². The van der Waals surface area contributed by atoms with Crippen molar-refractivity contribution in [1.29, 1.82) is 0 Å². The molecule has 0 aliphatic carbocycles. The molecule has 0 aromatic carbocycles. The summed E-state index contributed by atoms with van der Waals surface area (Å²) in [7, 11) is 0. The highest BCUT2D eigenvalue weighted by atomic mass is 127. The van der Waals surface area contributed by atoms with Gasteiger partial charge in [0, 0.05) is 16.0 Å². The molecule has 0 unspecified atom stereocenters. The van der Waals surface area contributed by atoms with Crippen LogP contribution >= 0.6 is 22.6 Å². The summed E-state index contributed by atoms with van der Waals surface area (Å²) in [6.07, 6.45) is 3.47. The van der Waals surface area contributed by atoms with Gasteiger partial charge in [0.05, 0.1) is 0 Å². The lowest BCUT2D eigenvalue weighted by Gasteiger charge is -1.79. The Morgan fingerprint density at radius 2 is 2.57 bits per heavy atom. The van der Waals surface area contributed by atoms with E-state index in [1.54, 1.807) is 18.5 Å². The van der Waals surface area contributed by atoms with Crippen molar-refractivity contribution in [2.45, 2.75) is 0 Å². The zero-order valence-electron chi connectivity index (χ0n) is 3.56. The predicted molar refractivity (Wildman–Crippen MR) is 35.8 cm³/mol. The molecule has 1 heterocycles. The predicted octanol–water partition coefficient (Wildman–Crippen LogP) is 1.49. The van der Waals surface area contributed by atoms with Crippen LogP contribution in [0.3, 0.4) is 0 Å². The van der Waals surface area contributed by atoms with Crippen LogP contribution in [-0.4, -0.2) is 4.98 Å². The molecule has 1 aromatic heterocycles. The number of nitrogens with zero attached hydrogens (tertiary/aromatic N) is 1. The van der Waals surface area contributed by atoms with Gasteiger partial charge in [-0.05, 0) is 34.7 Å². The third-order valence-corrected chi connectivity index (χ3v) is 1.16. The van der Waals surface area contributed by atoms with Gasteiger partial charge >= 0.3 is 0 Å². The van der Waals surface area contributed by atoms with E-state index in [-0.39, 0.29) is 0 Å². The zero-order chi connectivity index (χ0) is 5.11. The third kappa shape index (κ3) is 1.43. The van der Waals surface area contributed by atoms with Crippen molar-refractivity contribution in [1.82, 2.24) is 4.98 Å². The number of pyridine rings is 1. The monoisotopic (exact) mass is 204 g/mol. The standard InChI is InChI=1S/C5H3IN/c6-5-2-1-3-7-4-5/h1,3-4H. The molecule has 1 nitrogen and oxygen atoms in total. The SMILES string of the molecule is Ic1[c]ccnc1. The van der Waals surface area contributed by atoms with Crippen LogP contribution in [0.15, 0.2) is 18.5 Å². The molecular weight excluding hydrogens is 201 g/mol. The summed E-state index contributed by atoms with van der Waals surface area (Å²) in [6.45, 7) is 0. The number of aromatic nitrogens is 1. The lowest BCUT2D eigenvalue weighted by Crippen LogP contribution is -1.69. The van der Waals surface area contributed by atoms with E-state index in [2.05, 4.69) is 33.6 Å². The van der Waals surface area contributed by atoms with E-state index in [0.717, 1.165) is 3.57 Å². The fraction of sp³-hybridized carbons (Fsp3) is 0. The Morgan fingerprint density at radius 3 is 2.86 bits per heavy atom. The van der Waals surface area contributed by atoms with Crippen molar-refractivity contribution in [3.8, 4) is 0 Å². The molecule has 7 heavy (non-hydrogen) atoms. The van der Waals surface area contributed by atoms with Crippen LogP contribution in [0.25, 0.3) is 0 Å². The van der Waals surface area contributed by atoms with Gasteiger partial charge in [0.1, 0.15) is 0 Å². The summed E-state index contributed by atoms with van der Waals surface area (Å²) in [5, 5.41) is 0. The first-order valence-corrected chi connectivity index (χ1v) is 2.94. The van der Waals surface area contributed by atoms with E-state index in [9.17, 15) is 0 Å². The molecule has 0 amide bonds. The second-order valence-corrected chi connectivity index (χ2v) is 2.25. The van der Waals surface area contributed by atoms with Crippen molar-refractivity contribution < 1.29 is 0 Å². The van der Waals surface area contributed by atoms with Crippen molar-refractivity contribution in [3.05, 3.63) is 28.1 Å². The molecule has 1 rings (SSSR count). The molecule has 0 fully saturated rings. The first-order valence-electron chi connectivity index (χ1n) is 1.87. The van der Waals surface area contributed by atoms with Gasteiger partial charge in [-0.15, -0.1) is 0 Å². The van der Waals surface area contributed by atoms with Gasteiger partial charge in [-0.25, -0.2) is 0 Å². The zero-order valence-corrected chi connectivity index (χ0v) is 5.71. The summed E-state index contributed by atoms with van der Waals surface area (Å²) >= 11 is 2.16. The lowest BCUT2D eigenvalue weighted by molar-refractivity contribution is 1.30. The smallest absolute Gasteiger partial charge is 0.0407 e. The molecule has 0 saturated carbocycles. The fourth-order valence-electron chi connectivity index (χ4n) is 0.306. The minimum absolute atomic E-state index is 1.06. The summed E-state index contributed by atoms with van der Waals surface area (Å²) in [5.74, 6) is 0. The molecule has 2 heteroatoms. The normalized spacial score (nSPS) is 8.71. The Labute approximate surface area is 55.9 Å². The van der Waals surface area contributed by atoms with Gasteiger partial charge in [-0.3, -0.25) is 4.98 Å². The van der Waals surface area contributed by atoms with Crippen LogP contribution in [0.5, 0.6) is 0 Å². The highest BCUT2D eigenvalue weighted by molar-refractivity contribution is 14.1. The van der Waals surface area contributed by atoms with Crippen LogP contribution < -0.4 is 0 Å². The summed E-state index contributed by atoms with van der Waals surface area (Å²) in [5.41, 5.74) is 0. The summed E-state index contributed by atoms with van der Waals surface area (Å²) in [4.78, 5) is 3.85. The highest BCUT2D eigenvalue weighted by Gasteiger charge is 1.76. The van der Waals surface area contributed by atoms with Crippen LogP contribution in [0, 0.1) is 9.64 Å². The average molecular weight is 204 g/mol. The maximum atomic E-state index is 3.85. The Bertz CT molecular complexity index is 138. The molecule has 0 spiro atoms. The Morgan fingerprint density at radius 1 is 1.71 bits per heavy atom.